The Morgan fingerprint density at radius 3 is 2.71 bits per heavy atom. The van der Waals surface area contributed by atoms with E-state index in [1.807, 2.05) is 27.8 Å². The van der Waals surface area contributed by atoms with E-state index in [-0.39, 0.29) is 17.6 Å². The standard InChI is InChI=1S/C12H18N4O/c1-7-8(6-13)11(16(4)15-7)14-9-5-10(17)12(9,2)3/h9-10,14,17H,5H2,1-4H3. The second-order valence-corrected chi connectivity index (χ2v) is 5.31. The molecule has 0 saturated heterocycles. The lowest BCUT2D eigenvalue weighted by Gasteiger charge is -2.49. The van der Waals surface area contributed by atoms with Gasteiger partial charge in [0.25, 0.3) is 0 Å². The molecule has 2 rings (SSSR count). The van der Waals surface area contributed by atoms with Crippen LogP contribution in [-0.4, -0.2) is 27.0 Å². The summed E-state index contributed by atoms with van der Waals surface area (Å²) in [5.41, 5.74) is 1.16. The predicted octanol–water partition coefficient (Wildman–Crippen LogP) is 1.17. The van der Waals surface area contributed by atoms with Gasteiger partial charge in [-0.05, 0) is 13.3 Å². The van der Waals surface area contributed by atoms with Crippen LogP contribution in [0.4, 0.5) is 5.82 Å². The van der Waals surface area contributed by atoms with Crippen LogP contribution in [0.1, 0.15) is 31.5 Å². The molecule has 1 saturated carbocycles. The van der Waals surface area contributed by atoms with E-state index in [2.05, 4.69) is 16.5 Å². The van der Waals surface area contributed by atoms with Crippen LogP contribution in [0.25, 0.3) is 0 Å². The fourth-order valence-corrected chi connectivity index (χ4v) is 2.27. The maximum atomic E-state index is 9.70. The van der Waals surface area contributed by atoms with Crippen LogP contribution in [0, 0.1) is 23.7 Å². The summed E-state index contributed by atoms with van der Waals surface area (Å²) in [6.07, 6.45) is 0.433. The molecule has 5 heteroatoms. The highest BCUT2D eigenvalue weighted by Crippen LogP contribution is 2.42. The second-order valence-electron chi connectivity index (χ2n) is 5.31. The number of rotatable bonds is 2. The average Bonchev–Trinajstić information content (AvgIpc) is 2.53. The molecule has 1 aliphatic rings. The van der Waals surface area contributed by atoms with Crippen LogP contribution in [-0.2, 0) is 7.05 Å². The Kier molecular flexibility index (Phi) is 2.63. The van der Waals surface area contributed by atoms with Gasteiger partial charge < -0.3 is 10.4 Å². The molecule has 5 nitrogen and oxygen atoms in total. The summed E-state index contributed by atoms with van der Waals surface area (Å²) in [5.74, 6) is 0.745. The Hall–Kier alpha value is -1.54. The van der Waals surface area contributed by atoms with E-state index >= 15 is 0 Å². The van der Waals surface area contributed by atoms with Crippen molar-refractivity contribution in [1.29, 1.82) is 5.26 Å². The Balaban J connectivity index is 2.24. The number of aliphatic hydroxyl groups is 1. The normalized spacial score (nSPS) is 26.1. The zero-order chi connectivity index (χ0) is 12.8. The summed E-state index contributed by atoms with van der Waals surface area (Å²) in [6, 6.07) is 2.35. The summed E-state index contributed by atoms with van der Waals surface area (Å²) in [6.45, 7) is 5.87. The molecule has 1 aromatic heterocycles. The van der Waals surface area contributed by atoms with Gasteiger partial charge in [-0.25, -0.2) is 0 Å². The molecule has 2 atom stereocenters. The zero-order valence-corrected chi connectivity index (χ0v) is 10.7. The van der Waals surface area contributed by atoms with Crippen molar-refractivity contribution in [3.05, 3.63) is 11.3 Å². The van der Waals surface area contributed by atoms with E-state index in [9.17, 15) is 5.11 Å². The van der Waals surface area contributed by atoms with Gasteiger partial charge in [0, 0.05) is 18.5 Å². The second kappa shape index (κ2) is 3.74. The molecule has 0 spiro atoms. The van der Waals surface area contributed by atoms with Crippen LogP contribution in [0.5, 0.6) is 0 Å². The van der Waals surface area contributed by atoms with Gasteiger partial charge >= 0.3 is 0 Å². The molecule has 0 aromatic carbocycles. The number of anilines is 1. The van der Waals surface area contributed by atoms with E-state index in [1.54, 1.807) is 4.68 Å². The fourth-order valence-electron chi connectivity index (χ4n) is 2.27. The van der Waals surface area contributed by atoms with Gasteiger partial charge in [-0.1, -0.05) is 13.8 Å². The van der Waals surface area contributed by atoms with E-state index in [0.717, 1.165) is 11.5 Å². The molecule has 2 unspecified atom stereocenters. The predicted molar refractivity (Wildman–Crippen MR) is 64.5 cm³/mol. The number of aryl methyl sites for hydroxylation is 2. The molecule has 0 aliphatic heterocycles. The minimum Gasteiger partial charge on any atom is -0.392 e. The van der Waals surface area contributed by atoms with E-state index < -0.39 is 0 Å². The molecule has 1 heterocycles. The smallest absolute Gasteiger partial charge is 0.142 e. The van der Waals surface area contributed by atoms with Gasteiger partial charge in [-0.3, -0.25) is 4.68 Å². The third kappa shape index (κ3) is 1.69. The number of hydrogen-bond acceptors (Lipinski definition) is 4. The van der Waals surface area contributed by atoms with Crippen molar-refractivity contribution >= 4 is 5.82 Å². The van der Waals surface area contributed by atoms with Crippen LogP contribution in [0.2, 0.25) is 0 Å². The highest BCUT2D eigenvalue weighted by Gasteiger charge is 2.47. The van der Waals surface area contributed by atoms with Gasteiger partial charge in [-0.2, -0.15) is 10.4 Å². The van der Waals surface area contributed by atoms with Gasteiger partial charge in [0.15, 0.2) is 0 Å². The molecule has 1 aliphatic carbocycles. The lowest BCUT2D eigenvalue weighted by molar-refractivity contribution is -0.0512. The van der Waals surface area contributed by atoms with Gasteiger partial charge in [0.1, 0.15) is 17.5 Å². The third-order valence-electron chi connectivity index (χ3n) is 3.86. The molecule has 0 amide bonds. The van der Waals surface area contributed by atoms with Crippen molar-refractivity contribution in [2.75, 3.05) is 5.32 Å². The third-order valence-corrected chi connectivity index (χ3v) is 3.86. The summed E-state index contributed by atoms with van der Waals surface area (Å²) in [7, 11) is 1.82. The maximum absolute atomic E-state index is 9.70. The molecule has 2 N–H and O–H groups in total. The Bertz CT molecular complexity index is 483. The molecule has 0 bridgehead atoms. The summed E-state index contributed by atoms with van der Waals surface area (Å²) in [5, 5.41) is 26.4. The van der Waals surface area contributed by atoms with Crippen molar-refractivity contribution in [2.24, 2.45) is 12.5 Å². The quantitative estimate of drug-likeness (QED) is 0.805. The van der Waals surface area contributed by atoms with Crippen molar-refractivity contribution in [1.82, 2.24) is 9.78 Å². The first-order chi connectivity index (χ1) is 7.87. The minimum absolute atomic E-state index is 0.162. The first-order valence-electron chi connectivity index (χ1n) is 5.76. The number of nitrogens with zero attached hydrogens (tertiary/aromatic N) is 3. The van der Waals surface area contributed by atoms with Crippen molar-refractivity contribution in [3.8, 4) is 6.07 Å². The molecule has 1 aromatic rings. The van der Waals surface area contributed by atoms with Crippen molar-refractivity contribution < 1.29 is 5.11 Å². The van der Waals surface area contributed by atoms with Crippen LogP contribution in [0.15, 0.2) is 0 Å². The lowest BCUT2D eigenvalue weighted by atomic mass is 9.64. The largest absolute Gasteiger partial charge is 0.392 e. The van der Waals surface area contributed by atoms with E-state index in [4.69, 9.17) is 5.26 Å². The lowest BCUT2D eigenvalue weighted by Crippen LogP contribution is -2.57. The van der Waals surface area contributed by atoms with Crippen molar-refractivity contribution in [3.63, 3.8) is 0 Å². The van der Waals surface area contributed by atoms with Crippen LogP contribution >= 0.6 is 0 Å². The van der Waals surface area contributed by atoms with Crippen molar-refractivity contribution in [2.45, 2.75) is 39.3 Å². The highest BCUT2D eigenvalue weighted by molar-refractivity contribution is 5.56. The number of aromatic nitrogens is 2. The molecule has 92 valence electrons. The zero-order valence-electron chi connectivity index (χ0n) is 10.7. The molecule has 0 radical (unpaired) electrons. The average molecular weight is 234 g/mol. The first-order valence-corrected chi connectivity index (χ1v) is 5.76. The highest BCUT2D eigenvalue weighted by atomic mass is 16.3. The molecular weight excluding hydrogens is 216 g/mol. The van der Waals surface area contributed by atoms with E-state index in [0.29, 0.717) is 12.0 Å². The number of nitriles is 1. The van der Waals surface area contributed by atoms with E-state index in [1.165, 1.54) is 0 Å². The SMILES string of the molecule is Cc1nn(C)c(NC2CC(O)C2(C)C)c1C#N. The number of nitrogens with one attached hydrogen (secondary N) is 1. The Morgan fingerprint density at radius 2 is 2.24 bits per heavy atom. The van der Waals surface area contributed by atoms with Gasteiger partial charge in [-0.15, -0.1) is 0 Å². The fraction of sp³-hybridized carbons (Fsp3) is 0.667. The Labute approximate surface area is 101 Å². The van der Waals surface area contributed by atoms with Crippen LogP contribution in [0.3, 0.4) is 0 Å². The first kappa shape index (κ1) is 11.9. The maximum Gasteiger partial charge on any atom is 0.142 e. The molecule has 17 heavy (non-hydrogen) atoms. The summed E-state index contributed by atoms with van der Waals surface area (Å²) >= 11 is 0. The Morgan fingerprint density at radius 1 is 1.59 bits per heavy atom. The number of hydrogen-bond donors (Lipinski definition) is 2. The molecule has 1 fully saturated rings. The topological polar surface area (TPSA) is 73.9 Å². The summed E-state index contributed by atoms with van der Waals surface area (Å²) < 4.78 is 1.69. The van der Waals surface area contributed by atoms with Crippen LogP contribution < -0.4 is 5.32 Å². The summed E-state index contributed by atoms with van der Waals surface area (Å²) in [4.78, 5) is 0. The van der Waals surface area contributed by atoms with Gasteiger partial charge in [0.05, 0.1) is 11.8 Å². The molecular formula is C12H18N4O. The van der Waals surface area contributed by atoms with Gasteiger partial charge in [0.2, 0.25) is 0 Å². The number of aliphatic hydroxyl groups excluding tert-OH is 1. The minimum atomic E-state index is -0.278. The monoisotopic (exact) mass is 234 g/mol.